The van der Waals surface area contributed by atoms with Crippen LogP contribution in [0.5, 0.6) is 0 Å². The summed E-state index contributed by atoms with van der Waals surface area (Å²) in [5.41, 5.74) is 8.96. The predicted molar refractivity (Wildman–Crippen MR) is 231 cm³/mol. The summed E-state index contributed by atoms with van der Waals surface area (Å²) in [4.78, 5) is 10.5. The van der Waals surface area contributed by atoms with Crippen LogP contribution in [0.4, 0.5) is 0 Å². The highest BCUT2D eigenvalue weighted by Gasteiger charge is 2.22. The van der Waals surface area contributed by atoms with Gasteiger partial charge in [0.1, 0.15) is 12.0 Å². The lowest BCUT2D eigenvalue weighted by molar-refractivity contribution is 0.674. The molecule has 0 saturated carbocycles. The summed E-state index contributed by atoms with van der Waals surface area (Å²) in [6.45, 7) is 0. The van der Waals surface area contributed by atoms with Crippen LogP contribution in [-0.4, -0.2) is 16.2 Å². The molecule has 258 valence electrons. The van der Waals surface area contributed by atoms with Crippen molar-refractivity contribution in [1.82, 2.24) is 9.88 Å². The van der Waals surface area contributed by atoms with Crippen LogP contribution in [0.25, 0.3) is 70.9 Å². The molecule has 9 aromatic carbocycles. The second-order valence-corrected chi connectivity index (χ2v) is 14.3. The molecule has 10 aromatic rings. The Morgan fingerprint density at radius 2 is 1.04 bits per heavy atom. The average molecular weight is 703 g/mol. The predicted octanol–water partition coefficient (Wildman–Crippen LogP) is 12.4. The molecule has 11 rings (SSSR count). The van der Waals surface area contributed by atoms with E-state index in [4.69, 9.17) is 9.98 Å². The van der Waals surface area contributed by atoms with Gasteiger partial charge in [0.25, 0.3) is 0 Å². The van der Waals surface area contributed by atoms with E-state index in [9.17, 15) is 0 Å². The zero-order valence-corrected chi connectivity index (χ0v) is 29.9. The number of rotatable bonds is 5. The van der Waals surface area contributed by atoms with Crippen LogP contribution in [0.1, 0.15) is 22.9 Å². The highest BCUT2D eigenvalue weighted by atomic mass is 15.2. The normalized spacial score (nSPS) is 14.4. The van der Waals surface area contributed by atoms with Gasteiger partial charge in [-0.15, -0.1) is 0 Å². The summed E-state index contributed by atoms with van der Waals surface area (Å²) < 4.78 is 2.40. The number of benzene rings is 9. The van der Waals surface area contributed by atoms with E-state index < -0.39 is 0 Å². The maximum Gasteiger partial charge on any atom is 0.159 e. The second-order valence-electron chi connectivity index (χ2n) is 14.3. The van der Waals surface area contributed by atoms with Crippen molar-refractivity contribution < 1.29 is 0 Å². The van der Waals surface area contributed by atoms with Gasteiger partial charge in [0.2, 0.25) is 0 Å². The van der Waals surface area contributed by atoms with E-state index in [0.717, 1.165) is 44.5 Å². The van der Waals surface area contributed by atoms with Crippen LogP contribution < -0.4 is 5.32 Å². The Kier molecular flexibility index (Phi) is 7.20. The molecule has 4 heteroatoms. The fourth-order valence-electron chi connectivity index (χ4n) is 8.20. The molecule has 1 atom stereocenters. The van der Waals surface area contributed by atoms with Gasteiger partial charge >= 0.3 is 0 Å². The van der Waals surface area contributed by atoms with Gasteiger partial charge in [-0.25, -0.2) is 9.98 Å². The molecule has 2 heterocycles. The molecular formula is C51H34N4. The molecular weight excluding hydrogens is 669 g/mol. The third-order valence-electron chi connectivity index (χ3n) is 11.0. The van der Waals surface area contributed by atoms with Crippen LogP contribution in [0.3, 0.4) is 0 Å². The maximum atomic E-state index is 5.27. The fraction of sp³-hybridized carbons (Fsp3) is 0.0196. The van der Waals surface area contributed by atoms with E-state index in [1.165, 1.54) is 48.9 Å². The SMILES string of the molecule is c1ccc(-c2cccc(C3N=C(c4ccc5cc(-n6c7ccccc7c7cc8ccccc8cc76)ccc5c4)N=C(c4ccc5ccccc5c4)N3)c2)cc1. The number of aliphatic imine (C=N–C) groups is 2. The molecule has 0 saturated heterocycles. The fourth-order valence-corrected chi connectivity index (χ4v) is 8.20. The molecule has 1 unspecified atom stereocenters. The van der Waals surface area contributed by atoms with Crippen LogP contribution in [0, 0.1) is 0 Å². The topological polar surface area (TPSA) is 41.7 Å². The average Bonchev–Trinajstić information content (AvgIpc) is 3.58. The number of hydrogen-bond acceptors (Lipinski definition) is 3. The third kappa shape index (κ3) is 5.46. The maximum absolute atomic E-state index is 5.27. The molecule has 0 spiro atoms. The van der Waals surface area contributed by atoms with Crippen molar-refractivity contribution in [2.75, 3.05) is 0 Å². The number of hydrogen-bond donors (Lipinski definition) is 1. The first-order chi connectivity index (χ1) is 27.2. The minimum atomic E-state index is -0.318. The minimum Gasteiger partial charge on any atom is -0.344 e. The quantitative estimate of drug-likeness (QED) is 0.191. The van der Waals surface area contributed by atoms with Crippen molar-refractivity contribution in [3.63, 3.8) is 0 Å². The molecule has 0 amide bonds. The lowest BCUT2D eigenvalue weighted by Gasteiger charge is -2.24. The largest absolute Gasteiger partial charge is 0.344 e. The molecule has 1 aliphatic rings. The monoisotopic (exact) mass is 702 g/mol. The van der Waals surface area contributed by atoms with Crippen molar-refractivity contribution in [2.24, 2.45) is 9.98 Å². The van der Waals surface area contributed by atoms with E-state index in [1.807, 2.05) is 0 Å². The molecule has 4 nitrogen and oxygen atoms in total. The summed E-state index contributed by atoms with van der Waals surface area (Å²) in [7, 11) is 0. The number of amidine groups is 2. The molecule has 0 radical (unpaired) electrons. The van der Waals surface area contributed by atoms with Crippen LogP contribution in [0.2, 0.25) is 0 Å². The van der Waals surface area contributed by atoms with Crippen LogP contribution >= 0.6 is 0 Å². The van der Waals surface area contributed by atoms with E-state index >= 15 is 0 Å². The van der Waals surface area contributed by atoms with E-state index in [1.54, 1.807) is 0 Å². The van der Waals surface area contributed by atoms with Gasteiger partial charge in [-0.2, -0.15) is 0 Å². The Labute approximate surface area is 318 Å². The minimum absolute atomic E-state index is 0.318. The molecule has 1 N–H and O–H groups in total. The first-order valence-corrected chi connectivity index (χ1v) is 18.8. The Morgan fingerprint density at radius 1 is 0.400 bits per heavy atom. The lowest BCUT2D eigenvalue weighted by Crippen LogP contribution is -2.33. The zero-order chi connectivity index (χ0) is 36.3. The van der Waals surface area contributed by atoms with E-state index in [0.29, 0.717) is 5.84 Å². The Hall–Kier alpha value is -7.30. The highest BCUT2D eigenvalue weighted by molar-refractivity contribution is 6.15. The number of aromatic nitrogens is 1. The highest BCUT2D eigenvalue weighted by Crippen LogP contribution is 2.36. The second kappa shape index (κ2) is 12.7. The van der Waals surface area contributed by atoms with Gasteiger partial charge in [-0.3, -0.25) is 0 Å². The summed E-state index contributed by atoms with van der Waals surface area (Å²) in [5.74, 6) is 1.51. The first-order valence-electron chi connectivity index (χ1n) is 18.8. The molecule has 0 bridgehead atoms. The van der Waals surface area contributed by atoms with Gasteiger partial charge in [-0.05, 0) is 97.5 Å². The van der Waals surface area contributed by atoms with Crippen molar-refractivity contribution >= 4 is 65.8 Å². The smallest absolute Gasteiger partial charge is 0.159 e. The van der Waals surface area contributed by atoms with Gasteiger partial charge < -0.3 is 9.88 Å². The first kappa shape index (κ1) is 31.2. The van der Waals surface area contributed by atoms with Crippen molar-refractivity contribution in [3.8, 4) is 16.8 Å². The van der Waals surface area contributed by atoms with E-state index in [-0.39, 0.29) is 6.17 Å². The molecule has 0 fully saturated rings. The molecule has 1 aliphatic heterocycles. The van der Waals surface area contributed by atoms with E-state index in [2.05, 4.69) is 204 Å². The molecule has 55 heavy (non-hydrogen) atoms. The summed E-state index contributed by atoms with van der Waals surface area (Å²) in [5, 5.41) is 13.4. The number of fused-ring (bicyclic) bond motifs is 6. The Bertz CT molecular complexity index is 3190. The Morgan fingerprint density at radius 3 is 1.91 bits per heavy atom. The molecule has 1 aromatic heterocycles. The van der Waals surface area contributed by atoms with Gasteiger partial charge in [0.15, 0.2) is 5.84 Å². The number of para-hydroxylation sites is 1. The standard InChI is InChI=1S/C51H34N4/c1-2-11-33(12-3-1)36-17-10-18-41(27-36)49-52-50(42-23-21-34-13-4-5-14-35(34)28-42)54-51(53-49)43-24-22-40-30-44(26-25-39(40)29-43)55-47-20-9-8-19-45(47)46-31-37-15-6-7-16-38(37)32-48(46)55/h1-32,49H,(H,52,53,54). The summed E-state index contributed by atoms with van der Waals surface area (Å²) in [6.07, 6.45) is -0.318. The van der Waals surface area contributed by atoms with Crippen molar-refractivity contribution in [2.45, 2.75) is 6.17 Å². The lowest BCUT2D eigenvalue weighted by atomic mass is 10.0. The number of nitrogens with one attached hydrogen (secondary N) is 1. The van der Waals surface area contributed by atoms with Gasteiger partial charge in [0, 0.05) is 27.6 Å². The van der Waals surface area contributed by atoms with Crippen LogP contribution in [-0.2, 0) is 0 Å². The third-order valence-corrected chi connectivity index (χ3v) is 11.0. The molecule has 0 aliphatic carbocycles. The number of nitrogens with zero attached hydrogens (tertiary/aromatic N) is 3. The van der Waals surface area contributed by atoms with Crippen LogP contribution in [0.15, 0.2) is 204 Å². The van der Waals surface area contributed by atoms with Gasteiger partial charge in [-0.1, -0.05) is 146 Å². The van der Waals surface area contributed by atoms with Crippen molar-refractivity contribution in [1.29, 1.82) is 0 Å². The van der Waals surface area contributed by atoms with Crippen molar-refractivity contribution in [3.05, 3.63) is 211 Å². The summed E-state index contributed by atoms with van der Waals surface area (Å²) in [6, 6.07) is 69.4. The van der Waals surface area contributed by atoms with Gasteiger partial charge in [0.05, 0.1) is 11.0 Å². The summed E-state index contributed by atoms with van der Waals surface area (Å²) >= 11 is 0. The zero-order valence-electron chi connectivity index (χ0n) is 29.9. The Balaban J connectivity index is 1.02.